The molecule has 33 heavy (non-hydrogen) atoms. The number of aryl methyl sites for hydroxylation is 4. The SMILES string of the molecule is CCn1nc(C)c(CN=C(NC(=O)c2ccc(C)c(C)c2)Nc2cc(Cl)ccc2OC)c1C. The zero-order valence-electron chi connectivity index (χ0n) is 19.9. The summed E-state index contributed by atoms with van der Waals surface area (Å²) in [5.41, 5.74) is 6.32. The van der Waals surface area contributed by atoms with Gasteiger partial charge in [-0.25, -0.2) is 4.99 Å². The highest BCUT2D eigenvalue weighted by Gasteiger charge is 2.15. The van der Waals surface area contributed by atoms with Crippen LogP contribution < -0.4 is 15.4 Å². The number of methoxy groups -OCH3 is 1. The normalized spacial score (nSPS) is 11.4. The molecule has 2 N–H and O–H groups in total. The lowest BCUT2D eigenvalue weighted by atomic mass is 10.1. The predicted octanol–water partition coefficient (Wildman–Crippen LogP) is 5.20. The van der Waals surface area contributed by atoms with E-state index in [2.05, 4.69) is 22.7 Å². The van der Waals surface area contributed by atoms with Gasteiger partial charge in [0, 0.05) is 28.4 Å². The third kappa shape index (κ3) is 5.73. The summed E-state index contributed by atoms with van der Waals surface area (Å²) in [6.45, 7) is 11.2. The number of anilines is 1. The zero-order chi connectivity index (χ0) is 24.1. The van der Waals surface area contributed by atoms with Gasteiger partial charge in [0.2, 0.25) is 5.96 Å². The molecular weight excluding hydrogens is 438 g/mol. The van der Waals surface area contributed by atoms with Gasteiger partial charge < -0.3 is 10.1 Å². The van der Waals surface area contributed by atoms with Crippen LogP contribution in [0.3, 0.4) is 0 Å². The lowest BCUT2D eigenvalue weighted by Gasteiger charge is -2.15. The fraction of sp³-hybridized carbons (Fsp3) is 0.320. The molecule has 0 aliphatic rings. The molecule has 0 radical (unpaired) electrons. The molecule has 1 heterocycles. The van der Waals surface area contributed by atoms with Crippen molar-refractivity contribution in [3.63, 3.8) is 0 Å². The smallest absolute Gasteiger partial charge is 0.257 e. The molecule has 0 spiro atoms. The summed E-state index contributed by atoms with van der Waals surface area (Å²) in [6, 6.07) is 10.8. The van der Waals surface area contributed by atoms with Crippen molar-refractivity contribution in [2.75, 3.05) is 12.4 Å². The molecule has 0 unspecified atom stereocenters. The van der Waals surface area contributed by atoms with E-state index in [1.807, 2.05) is 44.5 Å². The fourth-order valence-corrected chi connectivity index (χ4v) is 3.68. The van der Waals surface area contributed by atoms with Crippen LogP contribution in [0.2, 0.25) is 5.02 Å². The number of carbonyl (C=O) groups is 1. The molecule has 0 aliphatic heterocycles. The van der Waals surface area contributed by atoms with E-state index in [4.69, 9.17) is 21.3 Å². The van der Waals surface area contributed by atoms with Crippen LogP contribution in [0, 0.1) is 27.7 Å². The number of nitrogens with one attached hydrogen (secondary N) is 2. The lowest BCUT2D eigenvalue weighted by molar-refractivity contribution is 0.0977. The standard InChI is InChI=1S/C25H30ClN5O2/c1-7-31-18(5)21(17(4)30-31)14-27-25(28-22-13-20(26)10-11-23(22)33-6)29-24(32)19-9-8-15(2)16(3)12-19/h8-13H,7,14H2,1-6H3,(H2,27,28,29,32). The molecule has 2 aromatic carbocycles. The number of amides is 1. The fourth-order valence-electron chi connectivity index (χ4n) is 3.51. The van der Waals surface area contributed by atoms with Gasteiger partial charge in [-0.05, 0) is 76.1 Å². The molecule has 1 amide bonds. The van der Waals surface area contributed by atoms with Crippen LogP contribution in [0.15, 0.2) is 41.4 Å². The van der Waals surface area contributed by atoms with Crippen molar-refractivity contribution in [3.05, 3.63) is 75.1 Å². The minimum atomic E-state index is -0.261. The van der Waals surface area contributed by atoms with Crippen molar-refractivity contribution in [1.82, 2.24) is 15.1 Å². The van der Waals surface area contributed by atoms with E-state index in [9.17, 15) is 4.79 Å². The van der Waals surface area contributed by atoms with Gasteiger partial charge in [-0.15, -0.1) is 0 Å². The Morgan fingerprint density at radius 1 is 1.12 bits per heavy atom. The Morgan fingerprint density at radius 2 is 1.88 bits per heavy atom. The van der Waals surface area contributed by atoms with Gasteiger partial charge in [0.1, 0.15) is 5.75 Å². The third-order valence-electron chi connectivity index (χ3n) is 5.64. The van der Waals surface area contributed by atoms with Gasteiger partial charge in [-0.2, -0.15) is 5.10 Å². The maximum absolute atomic E-state index is 13.0. The highest BCUT2D eigenvalue weighted by Crippen LogP contribution is 2.27. The second kappa shape index (κ2) is 10.5. The number of hydrogen-bond donors (Lipinski definition) is 2. The van der Waals surface area contributed by atoms with Gasteiger partial charge in [-0.3, -0.25) is 14.8 Å². The second-order valence-electron chi connectivity index (χ2n) is 7.85. The molecule has 174 valence electrons. The number of guanidine groups is 1. The van der Waals surface area contributed by atoms with Gasteiger partial charge in [-0.1, -0.05) is 17.7 Å². The first-order valence-corrected chi connectivity index (χ1v) is 11.2. The Balaban J connectivity index is 1.94. The number of carbonyl (C=O) groups excluding carboxylic acids is 1. The van der Waals surface area contributed by atoms with Gasteiger partial charge in [0.15, 0.2) is 0 Å². The van der Waals surface area contributed by atoms with E-state index in [-0.39, 0.29) is 5.91 Å². The van der Waals surface area contributed by atoms with Gasteiger partial charge in [0.25, 0.3) is 5.91 Å². The predicted molar refractivity (Wildman–Crippen MR) is 134 cm³/mol. The van der Waals surface area contributed by atoms with E-state index in [1.165, 1.54) is 0 Å². The Labute approximate surface area is 199 Å². The maximum Gasteiger partial charge on any atom is 0.257 e. The molecule has 0 saturated heterocycles. The van der Waals surface area contributed by atoms with Crippen molar-refractivity contribution in [2.45, 2.75) is 47.7 Å². The molecular formula is C25H30ClN5O2. The number of hydrogen-bond acceptors (Lipinski definition) is 4. The highest BCUT2D eigenvalue weighted by atomic mass is 35.5. The summed E-state index contributed by atoms with van der Waals surface area (Å²) in [5, 5.41) is 11.2. The number of benzene rings is 2. The number of aliphatic imine (C=N–C) groups is 1. The first kappa shape index (κ1) is 24.3. The van der Waals surface area contributed by atoms with E-state index in [0.29, 0.717) is 34.5 Å². The molecule has 0 bridgehead atoms. The molecule has 3 rings (SSSR count). The second-order valence-corrected chi connectivity index (χ2v) is 8.29. The van der Waals surface area contributed by atoms with Crippen LogP contribution in [0.4, 0.5) is 5.69 Å². The molecule has 0 aliphatic carbocycles. The van der Waals surface area contributed by atoms with Crippen LogP contribution in [-0.2, 0) is 13.1 Å². The van der Waals surface area contributed by atoms with Gasteiger partial charge in [0.05, 0.1) is 25.0 Å². The first-order valence-electron chi connectivity index (χ1n) is 10.8. The minimum absolute atomic E-state index is 0.261. The lowest BCUT2D eigenvalue weighted by Crippen LogP contribution is -2.36. The average molecular weight is 468 g/mol. The van der Waals surface area contributed by atoms with E-state index < -0.39 is 0 Å². The van der Waals surface area contributed by atoms with Gasteiger partial charge >= 0.3 is 0 Å². The van der Waals surface area contributed by atoms with Crippen molar-refractivity contribution in [3.8, 4) is 5.75 Å². The quantitative estimate of drug-likeness (QED) is 0.386. The molecule has 0 fully saturated rings. The molecule has 0 atom stereocenters. The summed E-state index contributed by atoms with van der Waals surface area (Å²) < 4.78 is 7.38. The third-order valence-corrected chi connectivity index (χ3v) is 5.88. The number of nitrogens with zero attached hydrogens (tertiary/aromatic N) is 3. The number of aromatic nitrogens is 2. The summed E-state index contributed by atoms with van der Waals surface area (Å²) >= 11 is 6.19. The van der Waals surface area contributed by atoms with Crippen molar-refractivity contribution in [1.29, 1.82) is 0 Å². The molecule has 8 heteroatoms. The molecule has 1 aromatic heterocycles. The Morgan fingerprint density at radius 3 is 2.52 bits per heavy atom. The number of ether oxygens (including phenoxy) is 1. The molecule has 3 aromatic rings. The van der Waals surface area contributed by atoms with Crippen LogP contribution >= 0.6 is 11.6 Å². The summed E-state index contributed by atoms with van der Waals surface area (Å²) in [4.78, 5) is 17.7. The summed E-state index contributed by atoms with van der Waals surface area (Å²) in [7, 11) is 1.57. The Hall–Kier alpha value is -3.32. The van der Waals surface area contributed by atoms with E-state index in [1.54, 1.807) is 31.4 Å². The average Bonchev–Trinajstić information content (AvgIpc) is 3.06. The minimum Gasteiger partial charge on any atom is -0.495 e. The van der Waals surface area contributed by atoms with Crippen LogP contribution in [0.1, 0.15) is 45.4 Å². The molecule has 7 nitrogen and oxygen atoms in total. The maximum atomic E-state index is 13.0. The zero-order valence-corrected chi connectivity index (χ0v) is 20.7. The Bertz CT molecular complexity index is 1200. The topological polar surface area (TPSA) is 80.5 Å². The Kier molecular flexibility index (Phi) is 7.76. The first-order chi connectivity index (χ1) is 15.7. The van der Waals surface area contributed by atoms with Crippen molar-refractivity contribution in [2.24, 2.45) is 4.99 Å². The van der Waals surface area contributed by atoms with Crippen LogP contribution in [0.5, 0.6) is 5.75 Å². The summed E-state index contributed by atoms with van der Waals surface area (Å²) in [5.74, 6) is 0.614. The number of halogens is 1. The highest BCUT2D eigenvalue weighted by molar-refractivity contribution is 6.31. The molecule has 0 saturated carbocycles. The largest absolute Gasteiger partial charge is 0.495 e. The van der Waals surface area contributed by atoms with E-state index >= 15 is 0 Å². The van der Waals surface area contributed by atoms with Crippen molar-refractivity contribution >= 4 is 29.2 Å². The van der Waals surface area contributed by atoms with Crippen LogP contribution in [0.25, 0.3) is 0 Å². The summed E-state index contributed by atoms with van der Waals surface area (Å²) in [6.07, 6.45) is 0. The van der Waals surface area contributed by atoms with Crippen LogP contribution in [-0.4, -0.2) is 28.8 Å². The van der Waals surface area contributed by atoms with Crippen molar-refractivity contribution < 1.29 is 9.53 Å². The number of rotatable bonds is 6. The monoisotopic (exact) mass is 467 g/mol. The van der Waals surface area contributed by atoms with E-state index in [0.717, 1.165) is 34.6 Å².